The van der Waals surface area contributed by atoms with Gasteiger partial charge in [-0.25, -0.2) is 13.6 Å². The molecule has 0 unspecified atom stereocenters. The number of aromatic carboxylic acids is 1. The van der Waals surface area contributed by atoms with E-state index in [2.05, 4.69) is 0 Å². The van der Waals surface area contributed by atoms with E-state index in [-0.39, 0.29) is 0 Å². The molecule has 0 atom stereocenters. The fourth-order valence-electron chi connectivity index (χ4n) is 0.744. The van der Waals surface area contributed by atoms with Crippen molar-refractivity contribution >= 4 is 5.97 Å². The zero-order valence-electron chi connectivity index (χ0n) is 5.71. The lowest BCUT2D eigenvalue weighted by atomic mass is 10.2. The number of benzene rings is 1. The number of carbonyl (C=O) groups is 1. The van der Waals surface area contributed by atoms with Crippen molar-refractivity contribution in [3.8, 4) is 5.75 Å². The predicted octanol–water partition coefficient (Wildman–Crippen LogP) is 1.37. The third kappa shape index (κ3) is 1.20. The molecule has 5 heteroatoms. The van der Waals surface area contributed by atoms with Gasteiger partial charge in [0.25, 0.3) is 0 Å². The van der Waals surface area contributed by atoms with Crippen LogP contribution in [0.2, 0.25) is 0 Å². The number of rotatable bonds is 1. The Labute approximate surface area is 65.9 Å². The molecule has 1 aromatic rings. The normalized spacial score (nSPS) is 9.83. The lowest BCUT2D eigenvalue weighted by molar-refractivity contribution is 0.0687. The van der Waals surface area contributed by atoms with Crippen molar-refractivity contribution in [2.24, 2.45) is 0 Å². The van der Waals surface area contributed by atoms with Gasteiger partial charge in [0.2, 0.25) is 0 Å². The molecular weight excluding hydrogens is 170 g/mol. The van der Waals surface area contributed by atoms with Gasteiger partial charge in [-0.2, -0.15) is 0 Å². The van der Waals surface area contributed by atoms with Crippen LogP contribution in [0.1, 0.15) is 10.4 Å². The molecule has 0 aromatic heterocycles. The average molecular weight is 174 g/mol. The van der Waals surface area contributed by atoms with Crippen molar-refractivity contribution in [3.05, 3.63) is 29.3 Å². The van der Waals surface area contributed by atoms with Gasteiger partial charge in [-0.1, -0.05) is 0 Å². The summed E-state index contributed by atoms with van der Waals surface area (Å²) in [5.41, 5.74) is -1.05. The lowest BCUT2D eigenvalue weighted by Crippen LogP contribution is -2.02. The molecule has 3 nitrogen and oxygen atoms in total. The fraction of sp³-hybridized carbons (Fsp3) is 0. The van der Waals surface area contributed by atoms with Crippen LogP contribution in [0.5, 0.6) is 5.75 Å². The van der Waals surface area contributed by atoms with Gasteiger partial charge in [0.05, 0.1) is 0 Å². The Morgan fingerprint density at radius 3 is 2.33 bits per heavy atom. The highest BCUT2D eigenvalue weighted by Crippen LogP contribution is 2.21. The molecule has 0 radical (unpaired) electrons. The minimum atomic E-state index is -1.70. The van der Waals surface area contributed by atoms with Crippen LogP contribution in [0.3, 0.4) is 0 Å². The molecule has 2 N–H and O–H groups in total. The number of carboxylic acid groups (broad SMARTS) is 1. The van der Waals surface area contributed by atoms with Crippen molar-refractivity contribution in [1.82, 2.24) is 0 Å². The Morgan fingerprint density at radius 1 is 1.33 bits per heavy atom. The SMILES string of the molecule is O=C(O)c1c(O)ccc(F)c1F. The molecule has 0 bridgehead atoms. The smallest absolute Gasteiger partial charge is 0.342 e. The second kappa shape index (κ2) is 2.77. The van der Waals surface area contributed by atoms with Gasteiger partial charge < -0.3 is 10.2 Å². The first-order valence-electron chi connectivity index (χ1n) is 2.94. The molecule has 64 valence electrons. The van der Waals surface area contributed by atoms with Gasteiger partial charge in [-0.05, 0) is 12.1 Å². The molecule has 0 aliphatic carbocycles. The molecule has 0 amide bonds. The van der Waals surface area contributed by atoms with Crippen LogP contribution in [-0.2, 0) is 0 Å². The van der Waals surface area contributed by atoms with Gasteiger partial charge in [0, 0.05) is 0 Å². The van der Waals surface area contributed by atoms with Crippen molar-refractivity contribution < 1.29 is 23.8 Å². The zero-order valence-corrected chi connectivity index (χ0v) is 5.71. The average Bonchev–Trinajstić information content (AvgIpc) is 1.97. The monoisotopic (exact) mass is 174 g/mol. The van der Waals surface area contributed by atoms with Crippen LogP contribution >= 0.6 is 0 Å². The first-order chi connectivity index (χ1) is 5.54. The van der Waals surface area contributed by atoms with E-state index in [1.165, 1.54) is 0 Å². The number of aromatic hydroxyl groups is 1. The Kier molecular flexibility index (Phi) is 1.95. The summed E-state index contributed by atoms with van der Waals surface area (Å²) in [6, 6.07) is 1.43. The minimum Gasteiger partial charge on any atom is -0.507 e. The zero-order chi connectivity index (χ0) is 9.30. The molecule has 0 saturated carbocycles. The minimum absolute atomic E-state index is 0.650. The fourth-order valence-corrected chi connectivity index (χ4v) is 0.744. The summed E-state index contributed by atoms with van der Waals surface area (Å²) >= 11 is 0. The summed E-state index contributed by atoms with van der Waals surface area (Å²) < 4.78 is 25.0. The van der Waals surface area contributed by atoms with E-state index < -0.39 is 28.9 Å². The molecular formula is C7H4F2O3. The van der Waals surface area contributed by atoms with Crippen molar-refractivity contribution in [2.75, 3.05) is 0 Å². The van der Waals surface area contributed by atoms with Gasteiger partial charge in [-0.3, -0.25) is 0 Å². The predicted molar refractivity (Wildman–Crippen MR) is 35.0 cm³/mol. The van der Waals surface area contributed by atoms with E-state index in [0.29, 0.717) is 6.07 Å². The number of hydrogen-bond acceptors (Lipinski definition) is 2. The van der Waals surface area contributed by atoms with Crippen molar-refractivity contribution in [1.29, 1.82) is 0 Å². The maximum atomic E-state index is 12.6. The largest absolute Gasteiger partial charge is 0.507 e. The summed E-state index contributed by atoms with van der Waals surface area (Å²) in [7, 11) is 0. The highest BCUT2D eigenvalue weighted by atomic mass is 19.2. The molecule has 0 fully saturated rings. The summed E-state index contributed by atoms with van der Waals surface area (Å²) in [6.07, 6.45) is 0. The van der Waals surface area contributed by atoms with Gasteiger partial charge >= 0.3 is 5.97 Å². The van der Waals surface area contributed by atoms with Crippen LogP contribution < -0.4 is 0 Å². The van der Waals surface area contributed by atoms with Crippen LogP contribution in [0, 0.1) is 11.6 Å². The van der Waals surface area contributed by atoms with Gasteiger partial charge in [-0.15, -0.1) is 0 Å². The summed E-state index contributed by atoms with van der Waals surface area (Å²) in [5, 5.41) is 17.1. The third-order valence-corrected chi connectivity index (χ3v) is 1.29. The van der Waals surface area contributed by atoms with Gasteiger partial charge in [0.15, 0.2) is 11.6 Å². The van der Waals surface area contributed by atoms with E-state index in [4.69, 9.17) is 10.2 Å². The first kappa shape index (κ1) is 8.45. The van der Waals surface area contributed by atoms with Crippen molar-refractivity contribution in [2.45, 2.75) is 0 Å². The van der Waals surface area contributed by atoms with E-state index >= 15 is 0 Å². The lowest BCUT2D eigenvalue weighted by Gasteiger charge is -2.00. The molecule has 0 heterocycles. The molecule has 0 spiro atoms. The maximum absolute atomic E-state index is 12.6. The van der Waals surface area contributed by atoms with E-state index in [1.807, 2.05) is 0 Å². The van der Waals surface area contributed by atoms with Crippen LogP contribution in [0.4, 0.5) is 8.78 Å². The first-order valence-corrected chi connectivity index (χ1v) is 2.94. The second-order valence-corrected chi connectivity index (χ2v) is 2.06. The Balaban J connectivity index is 3.43. The van der Waals surface area contributed by atoms with E-state index in [1.54, 1.807) is 0 Å². The quantitative estimate of drug-likeness (QED) is 0.675. The second-order valence-electron chi connectivity index (χ2n) is 2.06. The Bertz CT molecular complexity index is 336. The highest BCUT2D eigenvalue weighted by molar-refractivity contribution is 5.91. The Morgan fingerprint density at radius 2 is 1.92 bits per heavy atom. The number of phenols is 1. The maximum Gasteiger partial charge on any atom is 0.342 e. The summed E-state index contributed by atoms with van der Waals surface area (Å²) in [4.78, 5) is 10.2. The standard InChI is InChI=1S/C7H4F2O3/c8-3-1-2-4(10)5(6(3)9)7(11)12/h1-2,10H,(H,11,12). The highest BCUT2D eigenvalue weighted by Gasteiger charge is 2.18. The van der Waals surface area contributed by atoms with Gasteiger partial charge in [0.1, 0.15) is 11.3 Å². The number of hydrogen-bond donors (Lipinski definition) is 2. The summed E-state index contributed by atoms with van der Waals surface area (Å²) in [6.45, 7) is 0. The molecule has 1 aromatic carbocycles. The van der Waals surface area contributed by atoms with Crippen LogP contribution in [-0.4, -0.2) is 16.2 Å². The summed E-state index contributed by atoms with van der Waals surface area (Å²) in [5.74, 6) is -5.35. The van der Waals surface area contributed by atoms with Crippen molar-refractivity contribution in [3.63, 3.8) is 0 Å². The molecule has 0 aliphatic rings. The molecule has 1 rings (SSSR count). The molecule has 12 heavy (non-hydrogen) atoms. The van der Waals surface area contributed by atoms with Crippen LogP contribution in [0.15, 0.2) is 12.1 Å². The van der Waals surface area contributed by atoms with Crippen LogP contribution in [0.25, 0.3) is 0 Å². The molecule has 0 aliphatic heterocycles. The third-order valence-electron chi connectivity index (χ3n) is 1.29. The van der Waals surface area contributed by atoms with E-state index in [0.717, 1.165) is 6.07 Å². The number of halogens is 2. The Hall–Kier alpha value is -1.65. The topological polar surface area (TPSA) is 57.5 Å². The van der Waals surface area contributed by atoms with E-state index in [9.17, 15) is 13.6 Å². The molecule has 0 saturated heterocycles. The number of carboxylic acids is 1.